The van der Waals surface area contributed by atoms with Crippen molar-refractivity contribution >= 4 is 16.8 Å². The highest BCUT2D eigenvalue weighted by atomic mass is 16.4. The first-order valence-corrected chi connectivity index (χ1v) is 9.72. The molecule has 6 heteroatoms. The minimum Gasteiger partial charge on any atom is -0.507 e. The zero-order valence-electron chi connectivity index (χ0n) is 16.7. The second-order valence-electron chi connectivity index (χ2n) is 7.32. The molecule has 0 radical (unpaired) electrons. The molecule has 0 fully saturated rings. The molecule has 1 atom stereocenters. The molecule has 156 valence electrons. The van der Waals surface area contributed by atoms with Crippen molar-refractivity contribution in [1.29, 1.82) is 0 Å². The number of phenols is 2. The molecule has 3 N–H and O–H groups in total. The van der Waals surface area contributed by atoms with Gasteiger partial charge in [0.2, 0.25) is 0 Å². The third kappa shape index (κ3) is 3.69. The lowest BCUT2D eigenvalue weighted by Crippen LogP contribution is -2.24. The summed E-state index contributed by atoms with van der Waals surface area (Å²) in [7, 11) is 0. The van der Waals surface area contributed by atoms with Gasteiger partial charge in [0.15, 0.2) is 11.4 Å². The van der Waals surface area contributed by atoms with Gasteiger partial charge in [-0.25, -0.2) is 4.79 Å². The highest BCUT2D eigenvalue weighted by molar-refractivity contribution is 6.15. The number of aliphatic hydroxyl groups is 1. The second-order valence-corrected chi connectivity index (χ2v) is 7.32. The maximum Gasteiger partial charge on any atom is 0.336 e. The third-order valence-electron chi connectivity index (χ3n) is 5.28. The van der Waals surface area contributed by atoms with Crippen molar-refractivity contribution in [3.63, 3.8) is 0 Å². The number of ketones is 1. The van der Waals surface area contributed by atoms with E-state index in [0.717, 1.165) is 5.56 Å². The number of Topliss-reactive ketones (excluding diaryl/α,β-unsaturated/α-hetero) is 1. The molecule has 1 aromatic heterocycles. The predicted octanol–water partition coefficient (Wildman–Crippen LogP) is 3.97. The lowest BCUT2D eigenvalue weighted by atomic mass is 9.92. The maximum atomic E-state index is 13.2. The normalized spacial score (nSPS) is 12.1. The van der Waals surface area contributed by atoms with Crippen molar-refractivity contribution in [2.45, 2.75) is 19.4 Å². The van der Waals surface area contributed by atoms with Gasteiger partial charge in [0, 0.05) is 23.6 Å². The second kappa shape index (κ2) is 8.08. The Morgan fingerprint density at radius 1 is 0.968 bits per heavy atom. The zero-order chi connectivity index (χ0) is 22.1. The van der Waals surface area contributed by atoms with E-state index in [1.807, 2.05) is 12.1 Å². The van der Waals surface area contributed by atoms with Crippen LogP contribution in [-0.2, 0) is 6.42 Å². The van der Waals surface area contributed by atoms with Crippen molar-refractivity contribution in [3.8, 4) is 22.6 Å². The van der Waals surface area contributed by atoms with E-state index in [0.29, 0.717) is 11.1 Å². The van der Waals surface area contributed by atoms with Crippen LogP contribution in [0.25, 0.3) is 22.1 Å². The van der Waals surface area contributed by atoms with Crippen LogP contribution in [0.15, 0.2) is 75.9 Å². The summed E-state index contributed by atoms with van der Waals surface area (Å²) >= 11 is 0. The minimum atomic E-state index is -1.48. The molecule has 0 aliphatic rings. The average molecular weight is 416 g/mol. The number of fused-ring (bicyclic) bond motifs is 1. The first-order chi connectivity index (χ1) is 14.9. The molecule has 31 heavy (non-hydrogen) atoms. The van der Waals surface area contributed by atoms with E-state index in [4.69, 9.17) is 4.42 Å². The van der Waals surface area contributed by atoms with Crippen LogP contribution in [-0.4, -0.2) is 27.2 Å². The highest BCUT2D eigenvalue weighted by Crippen LogP contribution is 2.43. The Labute approximate surface area is 177 Å². The van der Waals surface area contributed by atoms with E-state index in [1.54, 1.807) is 48.5 Å². The number of hydrogen-bond donors (Lipinski definition) is 3. The van der Waals surface area contributed by atoms with Crippen LogP contribution in [0.4, 0.5) is 0 Å². The Morgan fingerprint density at radius 2 is 1.58 bits per heavy atom. The molecule has 4 rings (SSSR count). The van der Waals surface area contributed by atoms with Gasteiger partial charge in [0.25, 0.3) is 0 Å². The summed E-state index contributed by atoms with van der Waals surface area (Å²) in [6.45, 7) is 1.45. The number of benzene rings is 3. The number of aliphatic hydroxyl groups excluding tert-OH is 1. The monoisotopic (exact) mass is 416 g/mol. The highest BCUT2D eigenvalue weighted by Gasteiger charge is 2.29. The molecule has 1 unspecified atom stereocenters. The van der Waals surface area contributed by atoms with Crippen molar-refractivity contribution < 1.29 is 24.5 Å². The van der Waals surface area contributed by atoms with E-state index < -0.39 is 23.3 Å². The first kappa shape index (κ1) is 20.4. The van der Waals surface area contributed by atoms with Crippen LogP contribution in [0.5, 0.6) is 11.5 Å². The van der Waals surface area contributed by atoms with Crippen molar-refractivity contribution in [3.05, 3.63) is 93.8 Å². The summed E-state index contributed by atoms with van der Waals surface area (Å²) in [6.07, 6.45) is -1.46. The van der Waals surface area contributed by atoms with Gasteiger partial charge in [0.05, 0.1) is 5.39 Å². The molecular weight excluding hydrogens is 396 g/mol. The number of carbonyl (C=O) groups excluding carboxylic acids is 1. The topological polar surface area (TPSA) is 108 Å². The van der Waals surface area contributed by atoms with Gasteiger partial charge in [-0.15, -0.1) is 0 Å². The van der Waals surface area contributed by atoms with Gasteiger partial charge >= 0.3 is 5.63 Å². The summed E-state index contributed by atoms with van der Waals surface area (Å²) in [5, 5.41) is 32.1. The molecule has 0 saturated heterocycles. The zero-order valence-corrected chi connectivity index (χ0v) is 16.7. The fourth-order valence-electron chi connectivity index (χ4n) is 3.67. The van der Waals surface area contributed by atoms with Crippen molar-refractivity contribution in [2.24, 2.45) is 0 Å². The van der Waals surface area contributed by atoms with Crippen LogP contribution < -0.4 is 5.63 Å². The molecule has 0 aliphatic carbocycles. The number of aromatic hydroxyl groups is 2. The first-order valence-electron chi connectivity index (χ1n) is 9.72. The Bertz CT molecular complexity index is 1320. The van der Waals surface area contributed by atoms with Gasteiger partial charge in [-0.2, -0.15) is 0 Å². The van der Waals surface area contributed by atoms with Gasteiger partial charge in [-0.1, -0.05) is 60.7 Å². The van der Waals surface area contributed by atoms with E-state index >= 15 is 0 Å². The number of rotatable bonds is 5. The third-order valence-corrected chi connectivity index (χ3v) is 5.28. The molecule has 0 saturated carbocycles. The SMILES string of the molecule is Cc1c(O)c(C(=O)C(O)Cc2ccccc2)c2oc(=O)cc(-c3ccccc3)c2c1O. The molecule has 1 heterocycles. The van der Waals surface area contributed by atoms with Gasteiger partial charge in [-0.05, 0) is 18.1 Å². The Balaban J connectivity index is 1.94. The lowest BCUT2D eigenvalue weighted by Gasteiger charge is -2.17. The van der Waals surface area contributed by atoms with Crippen LogP contribution in [0.2, 0.25) is 0 Å². The molecule has 6 nitrogen and oxygen atoms in total. The molecule has 0 bridgehead atoms. The summed E-state index contributed by atoms with van der Waals surface area (Å²) in [5.74, 6) is -1.64. The summed E-state index contributed by atoms with van der Waals surface area (Å²) < 4.78 is 5.29. The van der Waals surface area contributed by atoms with Crippen molar-refractivity contribution in [2.75, 3.05) is 0 Å². The van der Waals surface area contributed by atoms with E-state index in [-0.39, 0.29) is 34.3 Å². The smallest absolute Gasteiger partial charge is 0.336 e. The molecule has 3 aromatic carbocycles. The number of hydrogen-bond acceptors (Lipinski definition) is 6. The summed E-state index contributed by atoms with van der Waals surface area (Å²) in [5.41, 5.74) is 0.430. The summed E-state index contributed by atoms with van der Waals surface area (Å²) in [6, 6.07) is 19.0. The van der Waals surface area contributed by atoms with E-state index in [2.05, 4.69) is 0 Å². The van der Waals surface area contributed by atoms with E-state index in [1.165, 1.54) is 13.0 Å². The fraction of sp³-hybridized carbons (Fsp3) is 0.120. The molecule has 4 aromatic rings. The quantitative estimate of drug-likeness (QED) is 0.336. The maximum absolute atomic E-state index is 13.2. The van der Waals surface area contributed by atoms with Gasteiger partial charge in [-0.3, -0.25) is 4.79 Å². The van der Waals surface area contributed by atoms with Crippen LogP contribution in [0, 0.1) is 6.92 Å². The summed E-state index contributed by atoms with van der Waals surface area (Å²) in [4.78, 5) is 25.5. The van der Waals surface area contributed by atoms with Gasteiger partial charge in [0.1, 0.15) is 23.2 Å². The van der Waals surface area contributed by atoms with E-state index in [9.17, 15) is 24.9 Å². The average Bonchev–Trinajstić information content (AvgIpc) is 2.78. The predicted molar refractivity (Wildman–Crippen MR) is 116 cm³/mol. The standard InChI is InChI=1S/C25H20O6/c1-14-22(28)20-17(16-10-6-3-7-11-16)13-19(27)31-25(20)21(23(14)29)24(30)18(26)12-15-8-4-2-5-9-15/h2-11,13,18,26,28-29H,12H2,1H3. The Hall–Kier alpha value is -3.90. The fourth-order valence-corrected chi connectivity index (χ4v) is 3.67. The molecule has 0 spiro atoms. The molecule has 0 aliphatic heterocycles. The minimum absolute atomic E-state index is 0.0170. The van der Waals surface area contributed by atoms with Crippen molar-refractivity contribution in [1.82, 2.24) is 0 Å². The lowest BCUT2D eigenvalue weighted by molar-refractivity contribution is 0.0745. The number of phenolic OH excluding ortho intramolecular Hbond substituents is 2. The largest absolute Gasteiger partial charge is 0.507 e. The molecular formula is C25H20O6. The van der Waals surface area contributed by atoms with Crippen LogP contribution >= 0.6 is 0 Å². The van der Waals surface area contributed by atoms with Gasteiger partial charge < -0.3 is 19.7 Å². The Kier molecular flexibility index (Phi) is 5.31. The molecule has 0 amide bonds. The van der Waals surface area contributed by atoms with Crippen LogP contribution in [0.1, 0.15) is 21.5 Å². The van der Waals surface area contributed by atoms with Crippen LogP contribution in [0.3, 0.4) is 0 Å². The Morgan fingerprint density at radius 3 is 2.23 bits per heavy atom. The number of carbonyl (C=O) groups is 1.